The van der Waals surface area contributed by atoms with E-state index >= 15 is 0 Å². The van der Waals surface area contributed by atoms with E-state index in [2.05, 4.69) is 5.16 Å². The van der Waals surface area contributed by atoms with Crippen molar-refractivity contribution in [2.75, 3.05) is 7.11 Å². The molecule has 0 amide bonds. The smallest absolute Gasteiger partial charge is 0.170 e. The van der Waals surface area contributed by atoms with Crippen molar-refractivity contribution < 1.29 is 9.94 Å². The fraction of sp³-hybridized carbons (Fsp3) is 0.133. The summed E-state index contributed by atoms with van der Waals surface area (Å²) in [6.07, 6.45) is 0. The number of ether oxygens (including phenoxy) is 1. The largest absolute Gasteiger partial charge is 0.409 e. The molecule has 2 aromatic carbocycles. The first-order chi connectivity index (χ1) is 9.65. The highest BCUT2D eigenvalue weighted by molar-refractivity contribution is 6.30. The Morgan fingerprint density at radius 3 is 2.55 bits per heavy atom. The predicted molar refractivity (Wildman–Crippen MR) is 80.1 cm³/mol. The predicted octanol–water partition coefficient (Wildman–Crippen LogP) is 3.25. The van der Waals surface area contributed by atoms with Gasteiger partial charge in [-0.05, 0) is 34.9 Å². The van der Waals surface area contributed by atoms with Crippen molar-refractivity contribution >= 4 is 17.4 Å². The third-order valence-electron chi connectivity index (χ3n) is 2.96. The van der Waals surface area contributed by atoms with Gasteiger partial charge in [0, 0.05) is 17.7 Å². The van der Waals surface area contributed by atoms with E-state index in [1.165, 1.54) is 0 Å². The van der Waals surface area contributed by atoms with E-state index in [1.807, 2.05) is 36.4 Å². The van der Waals surface area contributed by atoms with Crippen LogP contribution in [-0.4, -0.2) is 18.2 Å². The molecule has 20 heavy (non-hydrogen) atoms. The summed E-state index contributed by atoms with van der Waals surface area (Å²) in [6.45, 7) is 0.435. The van der Waals surface area contributed by atoms with Crippen LogP contribution in [0.25, 0.3) is 11.1 Å². The monoisotopic (exact) mass is 290 g/mol. The van der Waals surface area contributed by atoms with Crippen LogP contribution in [0.2, 0.25) is 5.02 Å². The molecule has 5 heteroatoms. The van der Waals surface area contributed by atoms with Crippen LogP contribution in [0.15, 0.2) is 47.6 Å². The van der Waals surface area contributed by atoms with Crippen molar-refractivity contribution in [3.05, 3.63) is 58.6 Å². The third-order valence-corrected chi connectivity index (χ3v) is 3.22. The Balaban J connectivity index is 2.49. The van der Waals surface area contributed by atoms with Crippen LogP contribution >= 0.6 is 11.6 Å². The number of halogens is 1. The van der Waals surface area contributed by atoms with Crippen LogP contribution in [0.5, 0.6) is 0 Å². The summed E-state index contributed by atoms with van der Waals surface area (Å²) in [5.41, 5.74) is 9.28. The van der Waals surface area contributed by atoms with E-state index in [4.69, 9.17) is 27.3 Å². The molecular weight excluding hydrogens is 276 g/mol. The molecule has 0 spiro atoms. The van der Waals surface area contributed by atoms with E-state index in [9.17, 15) is 0 Å². The van der Waals surface area contributed by atoms with Gasteiger partial charge in [0.2, 0.25) is 0 Å². The van der Waals surface area contributed by atoms with Gasteiger partial charge in [-0.25, -0.2) is 0 Å². The van der Waals surface area contributed by atoms with Gasteiger partial charge in [-0.1, -0.05) is 41.0 Å². The first-order valence-corrected chi connectivity index (χ1v) is 6.39. The van der Waals surface area contributed by atoms with Crippen LogP contribution < -0.4 is 5.73 Å². The molecule has 0 aliphatic rings. The molecule has 0 radical (unpaired) electrons. The average molecular weight is 291 g/mol. The van der Waals surface area contributed by atoms with Crippen molar-refractivity contribution in [1.29, 1.82) is 0 Å². The first-order valence-electron chi connectivity index (χ1n) is 6.01. The van der Waals surface area contributed by atoms with Gasteiger partial charge in [0.1, 0.15) is 0 Å². The molecule has 4 nitrogen and oxygen atoms in total. The number of nitrogens with zero attached hydrogens (tertiary/aromatic N) is 1. The van der Waals surface area contributed by atoms with Gasteiger partial charge in [0.25, 0.3) is 0 Å². The average Bonchev–Trinajstić information content (AvgIpc) is 2.48. The summed E-state index contributed by atoms with van der Waals surface area (Å²) in [7, 11) is 1.63. The minimum absolute atomic E-state index is 0.0741. The second kappa shape index (κ2) is 6.41. The third kappa shape index (κ3) is 3.10. The standard InChI is InChI=1S/C15H15ClN2O2/c1-20-9-12-8-11(15(17)18-19)4-7-14(12)10-2-5-13(16)6-3-10/h2-8,19H,9H2,1H3,(H2,17,18). The molecule has 0 aromatic heterocycles. The van der Waals surface area contributed by atoms with Crippen molar-refractivity contribution in [3.8, 4) is 11.1 Å². The summed E-state index contributed by atoms with van der Waals surface area (Å²) >= 11 is 5.90. The minimum atomic E-state index is 0.0741. The molecule has 2 rings (SSSR count). The Morgan fingerprint density at radius 1 is 1.25 bits per heavy atom. The molecule has 0 saturated heterocycles. The maximum absolute atomic E-state index is 8.74. The van der Waals surface area contributed by atoms with Gasteiger partial charge in [0.15, 0.2) is 5.84 Å². The number of amidine groups is 1. The maximum Gasteiger partial charge on any atom is 0.170 e. The highest BCUT2D eigenvalue weighted by Gasteiger charge is 2.08. The molecule has 0 atom stereocenters. The normalized spacial score (nSPS) is 11.6. The maximum atomic E-state index is 8.74. The van der Waals surface area contributed by atoms with Crippen LogP contribution in [0, 0.1) is 0 Å². The molecule has 2 aromatic rings. The molecule has 0 fully saturated rings. The van der Waals surface area contributed by atoms with Gasteiger partial charge < -0.3 is 15.7 Å². The van der Waals surface area contributed by atoms with Gasteiger partial charge in [0.05, 0.1) is 6.61 Å². The van der Waals surface area contributed by atoms with Crippen molar-refractivity contribution in [2.24, 2.45) is 10.9 Å². The molecular formula is C15H15ClN2O2. The highest BCUT2D eigenvalue weighted by Crippen LogP contribution is 2.26. The van der Waals surface area contributed by atoms with Crippen molar-refractivity contribution in [1.82, 2.24) is 0 Å². The van der Waals surface area contributed by atoms with E-state index in [0.717, 1.165) is 16.7 Å². The summed E-state index contributed by atoms with van der Waals surface area (Å²) in [5.74, 6) is 0.0741. The van der Waals surface area contributed by atoms with Gasteiger partial charge in [-0.2, -0.15) is 0 Å². The lowest BCUT2D eigenvalue weighted by atomic mass is 9.97. The first kappa shape index (κ1) is 14.4. The molecule has 0 bridgehead atoms. The lowest BCUT2D eigenvalue weighted by molar-refractivity contribution is 0.185. The summed E-state index contributed by atoms with van der Waals surface area (Å²) in [4.78, 5) is 0. The number of hydrogen-bond donors (Lipinski definition) is 2. The molecule has 0 unspecified atom stereocenters. The zero-order chi connectivity index (χ0) is 14.5. The number of rotatable bonds is 4. The number of hydrogen-bond acceptors (Lipinski definition) is 3. The van der Waals surface area contributed by atoms with Crippen LogP contribution in [0.4, 0.5) is 0 Å². The quantitative estimate of drug-likeness (QED) is 0.393. The van der Waals surface area contributed by atoms with Gasteiger partial charge in [-0.15, -0.1) is 0 Å². The number of benzene rings is 2. The van der Waals surface area contributed by atoms with Gasteiger partial charge in [-0.3, -0.25) is 0 Å². The molecule has 0 saturated carbocycles. The van der Waals surface area contributed by atoms with Crippen molar-refractivity contribution in [3.63, 3.8) is 0 Å². The number of oxime groups is 1. The van der Waals surface area contributed by atoms with Crippen LogP contribution in [0.1, 0.15) is 11.1 Å². The SMILES string of the molecule is COCc1cc(/C(N)=N/O)ccc1-c1ccc(Cl)cc1. The Hall–Kier alpha value is -2.04. The topological polar surface area (TPSA) is 67.8 Å². The fourth-order valence-electron chi connectivity index (χ4n) is 2.00. The number of methoxy groups -OCH3 is 1. The lowest BCUT2D eigenvalue weighted by Crippen LogP contribution is -2.13. The van der Waals surface area contributed by atoms with Crippen LogP contribution in [0.3, 0.4) is 0 Å². The Kier molecular flexibility index (Phi) is 4.61. The van der Waals surface area contributed by atoms with E-state index in [0.29, 0.717) is 17.2 Å². The minimum Gasteiger partial charge on any atom is -0.409 e. The second-order valence-corrected chi connectivity index (χ2v) is 4.73. The lowest BCUT2D eigenvalue weighted by Gasteiger charge is -2.11. The second-order valence-electron chi connectivity index (χ2n) is 4.30. The Bertz CT molecular complexity index is 624. The zero-order valence-corrected chi connectivity index (χ0v) is 11.8. The Morgan fingerprint density at radius 2 is 1.95 bits per heavy atom. The molecule has 3 N–H and O–H groups in total. The Labute approximate surface area is 122 Å². The number of nitrogens with two attached hydrogens (primary N) is 1. The zero-order valence-electron chi connectivity index (χ0n) is 11.0. The summed E-state index contributed by atoms with van der Waals surface area (Å²) in [6, 6.07) is 13.1. The highest BCUT2D eigenvalue weighted by atomic mass is 35.5. The van der Waals surface area contributed by atoms with Crippen molar-refractivity contribution in [2.45, 2.75) is 6.61 Å². The molecule has 0 aliphatic carbocycles. The van der Waals surface area contributed by atoms with Gasteiger partial charge >= 0.3 is 0 Å². The van der Waals surface area contributed by atoms with E-state index < -0.39 is 0 Å². The molecule has 0 heterocycles. The van der Waals surface area contributed by atoms with E-state index in [-0.39, 0.29) is 5.84 Å². The summed E-state index contributed by atoms with van der Waals surface area (Å²) < 4.78 is 5.21. The fourth-order valence-corrected chi connectivity index (χ4v) is 2.12. The van der Waals surface area contributed by atoms with E-state index in [1.54, 1.807) is 13.2 Å². The molecule has 104 valence electrons. The summed E-state index contributed by atoms with van der Waals surface area (Å²) in [5, 5.41) is 12.4. The molecule has 0 aliphatic heterocycles. The van der Waals surface area contributed by atoms with Crippen LogP contribution in [-0.2, 0) is 11.3 Å².